The molecule has 1 rings (SSSR count). The Labute approximate surface area is 113 Å². The highest BCUT2D eigenvalue weighted by Gasteiger charge is 2.18. The number of anilines is 1. The van der Waals surface area contributed by atoms with E-state index in [1.165, 1.54) is 12.3 Å². The quantitative estimate of drug-likeness (QED) is 0.313. The third-order valence-corrected chi connectivity index (χ3v) is 2.09. The second kappa shape index (κ2) is 7.76. The first-order chi connectivity index (χ1) is 9.56. The lowest BCUT2D eigenvalue weighted by Gasteiger charge is -2.02. The monoisotopic (exact) mass is 284 g/mol. The van der Waals surface area contributed by atoms with Crippen molar-refractivity contribution in [3.63, 3.8) is 0 Å². The fraction of sp³-hybridized carbons (Fsp3) is 0.300. The van der Waals surface area contributed by atoms with Crippen molar-refractivity contribution >= 4 is 23.3 Å². The Morgan fingerprint density at radius 3 is 2.70 bits per heavy atom. The highest BCUT2D eigenvalue weighted by Crippen LogP contribution is 2.28. The van der Waals surface area contributed by atoms with Gasteiger partial charge < -0.3 is 9.84 Å². The smallest absolute Gasteiger partial charge is 0.301 e. The van der Waals surface area contributed by atoms with Crippen LogP contribution in [0.25, 0.3) is 0 Å². The Morgan fingerprint density at radius 2 is 2.10 bits per heavy atom. The molecule has 10 heteroatoms. The number of nitrogens with zero attached hydrogens (tertiary/aromatic N) is 3. The molecule has 0 unspecified atom stereocenters. The van der Waals surface area contributed by atoms with Crippen molar-refractivity contribution in [2.24, 2.45) is 5.10 Å². The van der Waals surface area contributed by atoms with Crippen molar-refractivity contribution < 1.29 is 19.7 Å². The summed E-state index contributed by atoms with van der Waals surface area (Å²) in [6.07, 6.45) is 1.31. The summed E-state index contributed by atoms with van der Waals surface area (Å²) in [6, 6.07) is 3.18. The van der Waals surface area contributed by atoms with Gasteiger partial charge in [0.15, 0.2) is 0 Å². The van der Waals surface area contributed by atoms with E-state index >= 15 is 0 Å². The van der Waals surface area contributed by atoms with Crippen molar-refractivity contribution in [2.45, 2.75) is 0 Å². The van der Waals surface area contributed by atoms with E-state index in [4.69, 9.17) is 9.84 Å². The molecule has 0 heterocycles. The van der Waals surface area contributed by atoms with Gasteiger partial charge in [0.2, 0.25) is 0 Å². The zero-order valence-corrected chi connectivity index (χ0v) is 10.3. The zero-order chi connectivity index (χ0) is 15.0. The van der Waals surface area contributed by atoms with Gasteiger partial charge in [0.05, 0.1) is 41.9 Å². The van der Waals surface area contributed by atoms with Gasteiger partial charge in [0, 0.05) is 6.07 Å². The Kier molecular flexibility index (Phi) is 6.00. The number of aliphatic hydroxyl groups excluding tert-OH is 1. The van der Waals surface area contributed by atoms with E-state index in [1.54, 1.807) is 0 Å². The summed E-state index contributed by atoms with van der Waals surface area (Å²) in [5.74, 6) is 0. The number of nitro groups is 2. The minimum Gasteiger partial charge on any atom is -0.394 e. The molecule has 0 atom stereocenters. The summed E-state index contributed by atoms with van der Waals surface area (Å²) in [5, 5.41) is 33.5. The molecule has 0 aliphatic rings. The Bertz CT molecular complexity index is 518. The van der Waals surface area contributed by atoms with Crippen molar-refractivity contribution in [3.8, 4) is 0 Å². The number of nitrogens with one attached hydrogen (secondary N) is 1. The molecule has 0 aliphatic carbocycles. The van der Waals surface area contributed by atoms with Crippen LogP contribution in [0.15, 0.2) is 23.3 Å². The summed E-state index contributed by atoms with van der Waals surface area (Å²) in [5.41, 5.74) is 1.60. The highest BCUT2D eigenvalue weighted by atomic mass is 16.6. The van der Waals surface area contributed by atoms with E-state index in [2.05, 4.69) is 10.5 Å². The molecule has 0 aliphatic heterocycles. The van der Waals surface area contributed by atoms with Gasteiger partial charge in [0.25, 0.3) is 5.69 Å². The Balaban J connectivity index is 2.74. The van der Waals surface area contributed by atoms with E-state index in [0.717, 1.165) is 12.1 Å². The lowest BCUT2D eigenvalue weighted by Crippen LogP contribution is -2.03. The molecule has 1 aromatic rings. The third kappa shape index (κ3) is 4.59. The Hall–Kier alpha value is -2.59. The van der Waals surface area contributed by atoms with Crippen LogP contribution in [-0.2, 0) is 4.74 Å². The Morgan fingerprint density at radius 1 is 1.35 bits per heavy atom. The largest absolute Gasteiger partial charge is 0.394 e. The lowest BCUT2D eigenvalue weighted by molar-refractivity contribution is -0.393. The molecule has 0 spiro atoms. The molecule has 0 amide bonds. The van der Waals surface area contributed by atoms with Crippen LogP contribution in [0.3, 0.4) is 0 Å². The molecule has 2 N–H and O–H groups in total. The fourth-order valence-corrected chi connectivity index (χ4v) is 1.23. The lowest BCUT2D eigenvalue weighted by atomic mass is 10.2. The van der Waals surface area contributed by atoms with Crippen LogP contribution in [0.5, 0.6) is 0 Å². The second-order valence-corrected chi connectivity index (χ2v) is 3.44. The molecule has 0 saturated heterocycles. The molecule has 0 aromatic heterocycles. The summed E-state index contributed by atoms with van der Waals surface area (Å²) >= 11 is 0. The molecule has 0 radical (unpaired) electrons. The van der Waals surface area contributed by atoms with E-state index < -0.39 is 15.5 Å². The van der Waals surface area contributed by atoms with Crippen LogP contribution in [0, 0.1) is 20.2 Å². The van der Waals surface area contributed by atoms with Crippen LogP contribution >= 0.6 is 0 Å². The highest BCUT2D eigenvalue weighted by molar-refractivity contribution is 5.67. The molecular weight excluding hydrogens is 272 g/mol. The normalized spacial score (nSPS) is 10.7. The van der Waals surface area contributed by atoms with Gasteiger partial charge >= 0.3 is 5.69 Å². The third-order valence-electron chi connectivity index (χ3n) is 2.09. The number of ether oxygens (including phenoxy) is 1. The van der Waals surface area contributed by atoms with Gasteiger partial charge in [-0.2, -0.15) is 5.10 Å². The second-order valence-electron chi connectivity index (χ2n) is 3.44. The van der Waals surface area contributed by atoms with Crippen molar-refractivity contribution in [3.05, 3.63) is 38.4 Å². The number of benzene rings is 1. The molecule has 0 bridgehead atoms. The van der Waals surface area contributed by atoms with Gasteiger partial charge in [-0.3, -0.25) is 25.7 Å². The SMILES string of the molecule is O=[N+]([O-])c1ccc(N/N=C/COCCO)c([N+](=O)[O-])c1. The predicted octanol–water partition coefficient (Wildman–Crippen LogP) is 0.910. The summed E-state index contributed by atoms with van der Waals surface area (Å²) in [6.45, 7) is 0.160. The molecule has 108 valence electrons. The number of nitro benzene ring substituents is 2. The predicted molar refractivity (Wildman–Crippen MR) is 69.8 cm³/mol. The average Bonchev–Trinajstić information content (AvgIpc) is 2.42. The topological polar surface area (TPSA) is 140 Å². The summed E-state index contributed by atoms with van der Waals surface area (Å²) < 4.78 is 4.89. The van der Waals surface area contributed by atoms with Crippen molar-refractivity contribution in [2.75, 3.05) is 25.2 Å². The molecule has 1 aromatic carbocycles. The maximum absolute atomic E-state index is 10.8. The van der Waals surface area contributed by atoms with Crippen LogP contribution < -0.4 is 5.43 Å². The van der Waals surface area contributed by atoms with Crippen LogP contribution in [-0.4, -0.2) is 41.0 Å². The molecule has 0 saturated carbocycles. The van der Waals surface area contributed by atoms with Gasteiger partial charge in [-0.25, -0.2) is 0 Å². The maximum Gasteiger partial charge on any atom is 0.301 e. The van der Waals surface area contributed by atoms with E-state index in [0.29, 0.717) is 0 Å². The van der Waals surface area contributed by atoms with Gasteiger partial charge in [-0.05, 0) is 6.07 Å². The van der Waals surface area contributed by atoms with Gasteiger partial charge in [0.1, 0.15) is 5.69 Å². The van der Waals surface area contributed by atoms with Crippen molar-refractivity contribution in [1.82, 2.24) is 0 Å². The number of hydrogen-bond donors (Lipinski definition) is 2. The van der Waals surface area contributed by atoms with E-state index in [-0.39, 0.29) is 31.2 Å². The molecule has 20 heavy (non-hydrogen) atoms. The molecular formula is C10H12N4O6. The number of aliphatic hydroxyl groups is 1. The summed E-state index contributed by atoms with van der Waals surface area (Å²) in [4.78, 5) is 19.9. The summed E-state index contributed by atoms with van der Waals surface area (Å²) in [7, 11) is 0. The standard InChI is InChI=1S/C10H12N4O6/c15-4-6-20-5-3-11-12-9-2-1-8(13(16)17)7-10(9)14(18)19/h1-3,7,12,15H,4-6H2/b11-3+. The van der Waals surface area contributed by atoms with Crippen LogP contribution in [0.4, 0.5) is 17.1 Å². The maximum atomic E-state index is 10.8. The van der Waals surface area contributed by atoms with Crippen molar-refractivity contribution in [1.29, 1.82) is 0 Å². The van der Waals surface area contributed by atoms with Gasteiger partial charge in [-0.15, -0.1) is 0 Å². The molecule has 10 nitrogen and oxygen atoms in total. The average molecular weight is 284 g/mol. The van der Waals surface area contributed by atoms with Crippen LogP contribution in [0.2, 0.25) is 0 Å². The number of hydrogen-bond acceptors (Lipinski definition) is 8. The number of hydrazone groups is 1. The first kappa shape index (κ1) is 15.5. The minimum absolute atomic E-state index is 0.0269. The fourth-order valence-electron chi connectivity index (χ4n) is 1.23. The molecule has 0 fully saturated rings. The minimum atomic E-state index is -0.743. The van der Waals surface area contributed by atoms with Gasteiger partial charge in [-0.1, -0.05) is 0 Å². The van der Waals surface area contributed by atoms with E-state index in [1.807, 2.05) is 0 Å². The van der Waals surface area contributed by atoms with E-state index in [9.17, 15) is 20.2 Å². The first-order valence-electron chi connectivity index (χ1n) is 5.45. The zero-order valence-electron chi connectivity index (χ0n) is 10.3. The number of non-ortho nitro benzene ring substituents is 1. The first-order valence-corrected chi connectivity index (χ1v) is 5.45. The van der Waals surface area contributed by atoms with Crippen LogP contribution in [0.1, 0.15) is 0 Å². The number of rotatable bonds is 8.